The quantitative estimate of drug-likeness (QED) is 0.778. The molecule has 0 aliphatic carbocycles. The summed E-state index contributed by atoms with van der Waals surface area (Å²) < 4.78 is 0. The average molecular weight is 373 g/mol. The van der Waals surface area contributed by atoms with Crippen molar-refractivity contribution < 1.29 is 14.4 Å². The Morgan fingerprint density at radius 3 is 2.46 bits per heavy atom. The van der Waals surface area contributed by atoms with Gasteiger partial charge >= 0.3 is 6.03 Å². The number of imide groups is 1. The summed E-state index contributed by atoms with van der Waals surface area (Å²) in [5.74, 6) is -0.818. The van der Waals surface area contributed by atoms with Crippen LogP contribution >= 0.6 is 0 Å². The van der Waals surface area contributed by atoms with E-state index >= 15 is 0 Å². The van der Waals surface area contributed by atoms with Crippen LogP contribution in [0.1, 0.15) is 24.0 Å². The topological polar surface area (TPSA) is 126 Å². The van der Waals surface area contributed by atoms with E-state index in [1.807, 2.05) is 12.1 Å². The highest BCUT2D eigenvalue weighted by atomic mass is 16.2. The Kier molecular flexibility index (Phi) is 5.33. The van der Waals surface area contributed by atoms with Crippen LogP contribution in [0.5, 0.6) is 0 Å². The van der Waals surface area contributed by atoms with E-state index in [1.54, 1.807) is 24.3 Å². The predicted octanol–water partition coefficient (Wildman–Crippen LogP) is 2.27. The highest BCUT2D eigenvalue weighted by Crippen LogP contribution is 2.22. The summed E-state index contributed by atoms with van der Waals surface area (Å²) in [6, 6.07) is 15.2. The Morgan fingerprint density at radius 1 is 1.07 bits per heavy atom. The molecule has 0 saturated carbocycles. The molecule has 2 aromatic carbocycles. The fraction of sp³-hybridized carbons (Fsp3) is 0.150. The first-order valence-electron chi connectivity index (χ1n) is 8.47. The van der Waals surface area contributed by atoms with E-state index in [1.165, 1.54) is 24.3 Å². The fourth-order valence-electron chi connectivity index (χ4n) is 2.83. The molecule has 0 spiro atoms. The number of carbonyl (C=O) groups excluding carboxylic acids is 3. The molecule has 138 valence electrons. The first-order valence-corrected chi connectivity index (χ1v) is 8.47. The van der Waals surface area contributed by atoms with Crippen molar-refractivity contribution in [3.05, 3.63) is 59.7 Å². The average Bonchev–Trinajstić information content (AvgIpc) is 3.00. The smallest absolute Gasteiger partial charge is 0.325 e. The Bertz CT molecular complexity index is 1020. The number of hydrogen-bond donors (Lipinski definition) is 2. The number of rotatable bonds is 5. The number of para-hydroxylation sites is 1. The highest BCUT2D eigenvalue weighted by Gasteiger charge is 2.38. The van der Waals surface area contributed by atoms with Gasteiger partial charge in [-0.15, -0.1) is 0 Å². The van der Waals surface area contributed by atoms with Crippen LogP contribution in [0.4, 0.5) is 16.2 Å². The van der Waals surface area contributed by atoms with Crippen LogP contribution in [0.25, 0.3) is 0 Å². The van der Waals surface area contributed by atoms with Gasteiger partial charge in [0, 0.05) is 6.42 Å². The summed E-state index contributed by atoms with van der Waals surface area (Å²) in [5.41, 5.74) is 1.52. The van der Waals surface area contributed by atoms with Crippen LogP contribution < -0.4 is 15.5 Å². The third-order valence-electron chi connectivity index (χ3n) is 4.26. The molecule has 1 aliphatic heterocycles. The Morgan fingerprint density at radius 2 is 1.79 bits per heavy atom. The number of benzene rings is 2. The number of hydrogen-bond acceptors (Lipinski definition) is 5. The number of anilines is 2. The third kappa shape index (κ3) is 3.81. The molecule has 1 fully saturated rings. The molecule has 8 heteroatoms. The molecule has 0 radical (unpaired) electrons. The number of nitriles is 2. The van der Waals surface area contributed by atoms with Crippen LogP contribution in [-0.2, 0) is 9.59 Å². The predicted molar refractivity (Wildman–Crippen MR) is 100.0 cm³/mol. The van der Waals surface area contributed by atoms with Gasteiger partial charge in [0.2, 0.25) is 5.91 Å². The summed E-state index contributed by atoms with van der Waals surface area (Å²) in [6.45, 7) is 0. The molecular weight excluding hydrogens is 358 g/mol. The monoisotopic (exact) mass is 373 g/mol. The Labute approximate surface area is 161 Å². The summed E-state index contributed by atoms with van der Waals surface area (Å²) in [6.07, 6.45) is 0.121. The van der Waals surface area contributed by atoms with Gasteiger partial charge in [-0.25, -0.2) is 9.69 Å². The van der Waals surface area contributed by atoms with Crippen molar-refractivity contribution in [2.45, 2.75) is 18.9 Å². The molecule has 28 heavy (non-hydrogen) atoms. The number of urea groups is 1. The van der Waals surface area contributed by atoms with Crippen LogP contribution in [0.3, 0.4) is 0 Å². The molecule has 2 aromatic rings. The zero-order valence-electron chi connectivity index (χ0n) is 14.7. The summed E-state index contributed by atoms with van der Waals surface area (Å²) in [4.78, 5) is 37.9. The van der Waals surface area contributed by atoms with Crippen molar-refractivity contribution in [3.8, 4) is 12.1 Å². The summed E-state index contributed by atoms with van der Waals surface area (Å²) >= 11 is 0. The maximum atomic E-state index is 12.5. The highest BCUT2D eigenvalue weighted by molar-refractivity contribution is 6.21. The van der Waals surface area contributed by atoms with Gasteiger partial charge in [-0.2, -0.15) is 10.5 Å². The van der Waals surface area contributed by atoms with Crippen LogP contribution in [0.2, 0.25) is 0 Å². The van der Waals surface area contributed by atoms with Crippen LogP contribution in [0.15, 0.2) is 48.5 Å². The van der Waals surface area contributed by atoms with Crippen molar-refractivity contribution in [1.82, 2.24) is 5.32 Å². The molecular formula is C20H15N5O3. The van der Waals surface area contributed by atoms with E-state index in [-0.39, 0.29) is 18.7 Å². The minimum absolute atomic E-state index is 0.00232. The Hall–Kier alpha value is -4.17. The fourth-order valence-corrected chi connectivity index (χ4v) is 2.83. The van der Waals surface area contributed by atoms with E-state index in [4.69, 9.17) is 10.5 Å². The molecule has 0 bridgehead atoms. The van der Waals surface area contributed by atoms with Crippen molar-refractivity contribution in [3.63, 3.8) is 0 Å². The molecule has 1 unspecified atom stereocenters. The zero-order valence-corrected chi connectivity index (χ0v) is 14.7. The molecule has 1 heterocycles. The van der Waals surface area contributed by atoms with Gasteiger partial charge in [0.05, 0.1) is 28.6 Å². The first-order chi connectivity index (χ1) is 13.5. The SMILES string of the molecule is N#Cc1ccc(N2C(=O)NC(CCC(=O)Nc3ccccc3C#N)C2=O)cc1. The van der Waals surface area contributed by atoms with E-state index in [9.17, 15) is 14.4 Å². The first kappa shape index (κ1) is 18.6. The van der Waals surface area contributed by atoms with Crippen molar-refractivity contribution in [2.75, 3.05) is 10.2 Å². The van der Waals surface area contributed by atoms with Gasteiger partial charge in [-0.3, -0.25) is 9.59 Å². The lowest BCUT2D eigenvalue weighted by Gasteiger charge is -2.13. The second-order valence-corrected chi connectivity index (χ2v) is 6.08. The van der Waals surface area contributed by atoms with Crippen LogP contribution in [0, 0.1) is 22.7 Å². The maximum absolute atomic E-state index is 12.5. The van der Waals surface area contributed by atoms with E-state index < -0.39 is 18.0 Å². The van der Waals surface area contributed by atoms with Crippen molar-refractivity contribution >= 4 is 29.2 Å². The van der Waals surface area contributed by atoms with Gasteiger partial charge < -0.3 is 10.6 Å². The molecule has 4 amide bonds. The number of carbonyl (C=O) groups is 3. The molecule has 3 rings (SSSR count). The van der Waals surface area contributed by atoms with Gasteiger partial charge in [0.15, 0.2) is 0 Å². The van der Waals surface area contributed by atoms with Crippen LogP contribution in [-0.4, -0.2) is 23.9 Å². The lowest BCUT2D eigenvalue weighted by atomic mass is 10.1. The number of nitrogens with one attached hydrogen (secondary N) is 2. The van der Waals surface area contributed by atoms with Crippen molar-refractivity contribution in [1.29, 1.82) is 10.5 Å². The molecule has 0 aromatic heterocycles. The van der Waals surface area contributed by atoms with E-state index in [2.05, 4.69) is 10.6 Å². The standard InChI is InChI=1S/C20H15N5O3/c21-11-13-5-7-15(8-6-13)25-19(27)17(24-20(25)28)9-10-18(26)23-16-4-2-1-3-14(16)12-22/h1-8,17H,9-10H2,(H,23,26)(H,24,28). The molecule has 1 saturated heterocycles. The van der Waals surface area contributed by atoms with E-state index in [0.29, 0.717) is 22.5 Å². The molecule has 1 atom stereocenters. The van der Waals surface area contributed by atoms with Gasteiger partial charge in [-0.1, -0.05) is 12.1 Å². The minimum Gasteiger partial charge on any atom is -0.325 e. The number of nitrogens with zero attached hydrogens (tertiary/aromatic N) is 3. The second kappa shape index (κ2) is 8.02. The summed E-state index contributed by atoms with van der Waals surface area (Å²) in [7, 11) is 0. The molecule has 2 N–H and O–H groups in total. The maximum Gasteiger partial charge on any atom is 0.329 e. The lowest BCUT2D eigenvalue weighted by molar-refractivity contribution is -0.119. The Balaban J connectivity index is 1.61. The molecule has 1 aliphatic rings. The normalized spacial score (nSPS) is 15.5. The lowest BCUT2D eigenvalue weighted by Crippen LogP contribution is -2.31. The summed E-state index contributed by atoms with van der Waals surface area (Å²) in [5, 5.41) is 23.1. The van der Waals surface area contributed by atoms with Crippen molar-refractivity contribution in [2.24, 2.45) is 0 Å². The zero-order chi connectivity index (χ0) is 20.1. The largest absolute Gasteiger partial charge is 0.329 e. The van der Waals surface area contributed by atoms with Gasteiger partial charge in [-0.05, 0) is 42.8 Å². The minimum atomic E-state index is -0.819. The van der Waals surface area contributed by atoms with Gasteiger partial charge in [0.1, 0.15) is 12.1 Å². The third-order valence-corrected chi connectivity index (χ3v) is 4.26. The molecule has 8 nitrogen and oxygen atoms in total. The van der Waals surface area contributed by atoms with Gasteiger partial charge in [0.25, 0.3) is 5.91 Å². The number of amides is 4. The second-order valence-electron chi connectivity index (χ2n) is 6.08. The van der Waals surface area contributed by atoms with E-state index in [0.717, 1.165) is 4.90 Å².